The molecule has 4 rings (SSSR count). The van der Waals surface area contributed by atoms with Gasteiger partial charge in [-0.2, -0.15) is 14.8 Å². The monoisotopic (exact) mass is 381 g/mol. The van der Waals surface area contributed by atoms with E-state index in [1.807, 2.05) is 18.2 Å². The molecule has 1 amide bonds. The van der Waals surface area contributed by atoms with Gasteiger partial charge < -0.3 is 10.1 Å². The van der Waals surface area contributed by atoms with Crippen LogP contribution in [0.25, 0.3) is 5.95 Å². The minimum atomic E-state index is -0.303. The first-order valence-electron chi connectivity index (χ1n) is 9.34. The Balaban J connectivity index is 1.54. The summed E-state index contributed by atoms with van der Waals surface area (Å²) < 4.78 is 7.04. The van der Waals surface area contributed by atoms with Gasteiger partial charge in [0.2, 0.25) is 11.8 Å². The van der Waals surface area contributed by atoms with Crippen LogP contribution >= 0.6 is 0 Å². The third-order valence-electron chi connectivity index (χ3n) is 5.40. The predicted octanol–water partition coefficient (Wildman–Crippen LogP) is 1.94. The second-order valence-corrected chi connectivity index (χ2v) is 7.07. The van der Waals surface area contributed by atoms with Gasteiger partial charge in [0, 0.05) is 17.5 Å². The molecule has 0 aliphatic heterocycles. The van der Waals surface area contributed by atoms with Crippen molar-refractivity contribution in [1.82, 2.24) is 35.3 Å². The van der Waals surface area contributed by atoms with E-state index in [-0.39, 0.29) is 17.1 Å². The highest BCUT2D eigenvalue weighted by Crippen LogP contribution is 2.44. The van der Waals surface area contributed by atoms with Crippen LogP contribution < -0.4 is 10.1 Å². The molecule has 1 saturated carbocycles. The molecule has 2 aromatic heterocycles. The highest BCUT2D eigenvalue weighted by atomic mass is 16.5. The zero-order chi connectivity index (χ0) is 19.6. The quantitative estimate of drug-likeness (QED) is 0.675. The van der Waals surface area contributed by atoms with Gasteiger partial charge in [-0.25, -0.2) is 10.1 Å². The van der Waals surface area contributed by atoms with E-state index in [1.54, 1.807) is 14.0 Å². The number of methoxy groups -OCH3 is 1. The molecule has 3 aromatic rings. The van der Waals surface area contributed by atoms with Gasteiger partial charge in [0.1, 0.15) is 17.9 Å². The molecule has 1 fully saturated rings. The average molecular weight is 381 g/mol. The van der Waals surface area contributed by atoms with Crippen LogP contribution in [0.2, 0.25) is 0 Å². The molecule has 146 valence electrons. The van der Waals surface area contributed by atoms with Crippen molar-refractivity contribution in [2.45, 2.75) is 38.0 Å². The Morgan fingerprint density at radius 1 is 1.32 bits per heavy atom. The number of hydrogen-bond acceptors (Lipinski definition) is 6. The third kappa shape index (κ3) is 3.23. The summed E-state index contributed by atoms with van der Waals surface area (Å²) in [6, 6.07) is 8.05. The van der Waals surface area contributed by atoms with E-state index in [0.29, 0.717) is 18.3 Å². The third-order valence-corrected chi connectivity index (χ3v) is 5.40. The standard InChI is InChI=1S/C19H23N7O2/c1-13-23-16(25-26(13)18-21-12-22-24-18)17(27)20-11-19(9-5-6-10-19)14-7-3-4-8-15(14)28-2/h3-4,7-8,12H,5-6,9-11H2,1-2H3,(H,20,27)(H,21,22,24). The molecule has 0 saturated heterocycles. The maximum atomic E-state index is 12.7. The number of aromatic amines is 1. The van der Waals surface area contributed by atoms with Gasteiger partial charge in [-0.1, -0.05) is 31.0 Å². The molecule has 0 unspecified atom stereocenters. The topological polar surface area (TPSA) is 111 Å². The Labute approximate surface area is 162 Å². The first kappa shape index (κ1) is 18.1. The number of carbonyl (C=O) groups is 1. The minimum absolute atomic E-state index is 0.113. The van der Waals surface area contributed by atoms with Crippen LogP contribution in [0.4, 0.5) is 0 Å². The number of amides is 1. The normalized spacial score (nSPS) is 15.5. The second kappa shape index (κ2) is 7.41. The number of para-hydroxylation sites is 1. The molecular weight excluding hydrogens is 358 g/mol. The van der Waals surface area contributed by atoms with E-state index >= 15 is 0 Å². The lowest BCUT2D eigenvalue weighted by molar-refractivity contribution is 0.0932. The molecule has 2 heterocycles. The second-order valence-electron chi connectivity index (χ2n) is 7.07. The van der Waals surface area contributed by atoms with Crippen LogP contribution in [0, 0.1) is 6.92 Å². The van der Waals surface area contributed by atoms with Gasteiger partial charge in [-0.3, -0.25) is 4.79 Å². The highest BCUT2D eigenvalue weighted by Gasteiger charge is 2.38. The Hall–Kier alpha value is -3.23. The molecule has 2 N–H and O–H groups in total. The van der Waals surface area contributed by atoms with Gasteiger partial charge in [-0.05, 0) is 25.8 Å². The summed E-state index contributed by atoms with van der Waals surface area (Å²) in [4.78, 5) is 21.1. The molecule has 0 bridgehead atoms. The Morgan fingerprint density at radius 2 is 2.11 bits per heavy atom. The first-order valence-corrected chi connectivity index (χ1v) is 9.34. The van der Waals surface area contributed by atoms with Gasteiger partial charge in [-0.15, -0.1) is 5.10 Å². The number of aromatic nitrogens is 6. The lowest BCUT2D eigenvalue weighted by Gasteiger charge is -2.31. The number of ether oxygens (including phenoxy) is 1. The maximum Gasteiger partial charge on any atom is 0.291 e. The number of carbonyl (C=O) groups excluding carboxylic acids is 1. The van der Waals surface area contributed by atoms with Crippen molar-refractivity contribution in [1.29, 1.82) is 0 Å². The maximum absolute atomic E-state index is 12.7. The molecule has 1 aliphatic carbocycles. The van der Waals surface area contributed by atoms with Gasteiger partial charge in [0.05, 0.1) is 7.11 Å². The number of H-pyrrole nitrogens is 1. The number of rotatable bonds is 6. The smallest absolute Gasteiger partial charge is 0.291 e. The minimum Gasteiger partial charge on any atom is -0.496 e. The van der Waals surface area contributed by atoms with Crippen LogP contribution in [0.3, 0.4) is 0 Å². The highest BCUT2D eigenvalue weighted by molar-refractivity contribution is 5.90. The van der Waals surface area contributed by atoms with E-state index in [9.17, 15) is 4.79 Å². The number of nitrogens with zero attached hydrogens (tertiary/aromatic N) is 5. The number of hydrogen-bond donors (Lipinski definition) is 2. The lowest BCUT2D eigenvalue weighted by Crippen LogP contribution is -2.39. The number of benzene rings is 1. The summed E-state index contributed by atoms with van der Waals surface area (Å²) >= 11 is 0. The van der Waals surface area contributed by atoms with Crippen LogP contribution in [0.1, 0.15) is 47.7 Å². The van der Waals surface area contributed by atoms with Gasteiger partial charge in [0.25, 0.3) is 5.91 Å². The average Bonchev–Trinajstić information content (AvgIpc) is 3.47. The van der Waals surface area contributed by atoms with Gasteiger partial charge in [0.15, 0.2) is 0 Å². The summed E-state index contributed by atoms with van der Waals surface area (Å²) in [5.41, 5.74) is 1.01. The van der Waals surface area contributed by atoms with Crippen molar-refractivity contribution in [3.63, 3.8) is 0 Å². The molecule has 0 atom stereocenters. The number of aryl methyl sites for hydroxylation is 1. The van der Waals surface area contributed by atoms with Crippen molar-refractivity contribution < 1.29 is 9.53 Å². The molecular formula is C19H23N7O2. The Bertz CT molecular complexity index is 959. The van der Waals surface area contributed by atoms with Crippen LogP contribution in [-0.2, 0) is 5.41 Å². The molecule has 0 radical (unpaired) electrons. The van der Waals surface area contributed by atoms with Crippen molar-refractivity contribution in [3.8, 4) is 11.7 Å². The van der Waals surface area contributed by atoms with E-state index in [4.69, 9.17) is 4.74 Å². The lowest BCUT2D eigenvalue weighted by atomic mass is 9.78. The zero-order valence-electron chi connectivity index (χ0n) is 16.0. The van der Waals surface area contributed by atoms with Crippen LogP contribution in [-0.4, -0.2) is 49.5 Å². The van der Waals surface area contributed by atoms with Crippen molar-refractivity contribution >= 4 is 5.91 Å². The van der Waals surface area contributed by atoms with Crippen LogP contribution in [0.15, 0.2) is 30.6 Å². The summed E-state index contributed by atoms with van der Waals surface area (Å²) in [6.45, 7) is 2.28. The van der Waals surface area contributed by atoms with Gasteiger partial charge >= 0.3 is 0 Å². The summed E-state index contributed by atoms with van der Waals surface area (Å²) in [5, 5.41) is 13.8. The van der Waals surface area contributed by atoms with Crippen molar-refractivity contribution in [2.75, 3.05) is 13.7 Å². The molecule has 9 nitrogen and oxygen atoms in total. The molecule has 1 aromatic carbocycles. The van der Waals surface area contributed by atoms with Crippen LogP contribution in [0.5, 0.6) is 5.75 Å². The van der Waals surface area contributed by atoms with E-state index in [0.717, 1.165) is 37.0 Å². The largest absolute Gasteiger partial charge is 0.496 e. The fraction of sp³-hybridized carbons (Fsp3) is 0.421. The molecule has 0 spiro atoms. The first-order chi connectivity index (χ1) is 13.6. The van der Waals surface area contributed by atoms with E-state index in [2.05, 4.69) is 36.6 Å². The molecule has 28 heavy (non-hydrogen) atoms. The zero-order valence-corrected chi connectivity index (χ0v) is 16.0. The summed E-state index contributed by atoms with van der Waals surface area (Å²) in [6.07, 6.45) is 5.66. The fourth-order valence-corrected chi connectivity index (χ4v) is 3.99. The summed E-state index contributed by atoms with van der Waals surface area (Å²) in [7, 11) is 1.68. The Morgan fingerprint density at radius 3 is 2.82 bits per heavy atom. The van der Waals surface area contributed by atoms with E-state index < -0.39 is 0 Å². The molecule has 9 heteroatoms. The molecule has 1 aliphatic rings. The van der Waals surface area contributed by atoms with E-state index in [1.165, 1.54) is 11.0 Å². The van der Waals surface area contributed by atoms with Crippen molar-refractivity contribution in [3.05, 3.63) is 47.8 Å². The SMILES string of the molecule is COc1ccccc1C1(CNC(=O)c2nc(C)n(-c3ncn[nH]3)n2)CCCC1. The fourth-order valence-electron chi connectivity index (χ4n) is 3.99. The summed E-state index contributed by atoms with van der Waals surface area (Å²) in [5.74, 6) is 1.65. The Kier molecular flexibility index (Phi) is 4.81. The predicted molar refractivity (Wildman–Crippen MR) is 102 cm³/mol. The number of nitrogens with one attached hydrogen (secondary N) is 2. The van der Waals surface area contributed by atoms with Crippen molar-refractivity contribution in [2.24, 2.45) is 0 Å².